The fourth-order valence-electron chi connectivity index (χ4n) is 4.50. The van der Waals surface area contributed by atoms with Gasteiger partial charge in [-0.1, -0.05) is 0 Å². The minimum Gasteiger partial charge on any atom is -0.382 e. The average molecular weight is 681 g/mol. The summed E-state index contributed by atoms with van der Waals surface area (Å²) in [5.74, 6) is -0.161. The Morgan fingerprint density at radius 2 is 1.91 bits per heavy atom. The molecule has 20 nitrogen and oxygen atoms in total. The number of nitrogen functional groups attached to an aromatic ring is 2. The van der Waals surface area contributed by atoms with Gasteiger partial charge in [-0.25, -0.2) is 28.9 Å². The number of nitrogens with zero attached hydrogens (tertiary/aromatic N) is 7. The van der Waals surface area contributed by atoms with Crippen LogP contribution in [-0.4, -0.2) is 92.4 Å². The lowest BCUT2D eigenvalue weighted by Crippen LogP contribution is -2.39. The molecule has 8 N–H and O–H groups in total. The Morgan fingerprint density at radius 3 is 2.64 bits per heavy atom. The van der Waals surface area contributed by atoms with E-state index in [9.17, 15) is 24.0 Å². The fraction of sp³-hybridized carbons (Fsp3) is 0.500. The summed E-state index contributed by atoms with van der Waals surface area (Å²) < 4.78 is 57.8. The lowest BCUT2D eigenvalue weighted by Gasteiger charge is -2.30. The number of phosphoric acid groups is 1. The number of ether oxygens (including phenoxy) is 2. The topological polar surface area (TPSA) is 283 Å². The molecule has 44 heavy (non-hydrogen) atoms. The molecule has 4 aromatic heterocycles. The van der Waals surface area contributed by atoms with Gasteiger partial charge in [0.25, 0.3) is 5.56 Å². The number of phosphoric ester groups is 1. The molecule has 0 saturated carbocycles. The lowest BCUT2D eigenvalue weighted by molar-refractivity contribution is -0.0885. The molecule has 0 bridgehead atoms. The van der Waals surface area contributed by atoms with Crippen molar-refractivity contribution in [2.75, 3.05) is 31.8 Å². The number of imidazole rings is 2. The Kier molecular flexibility index (Phi) is 9.40. The number of rotatable bonds is 13. The minimum atomic E-state index is -5.07. The molecule has 240 valence electrons. The summed E-state index contributed by atoms with van der Waals surface area (Å²) in [5, 5.41) is 0. The van der Waals surface area contributed by atoms with E-state index in [0.717, 1.165) is 24.3 Å². The van der Waals surface area contributed by atoms with Gasteiger partial charge in [-0.05, 0) is 24.6 Å². The van der Waals surface area contributed by atoms with Crippen molar-refractivity contribution in [2.45, 2.75) is 43.7 Å². The highest BCUT2D eigenvalue weighted by Gasteiger charge is 2.41. The molecule has 3 unspecified atom stereocenters. The predicted octanol–water partition coefficient (Wildman–Crippen LogP) is 0.0125. The van der Waals surface area contributed by atoms with Crippen molar-refractivity contribution in [1.82, 2.24) is 39.0 Å². The van der Waals surface area contributed by atoms with E-state index in [2.05, 4.69) is 41.7 Å². The van der Waals surface area contributed by atoms with Crippen molar-refractivity contribution in [3.05, 3.63) is 29.3 Å². The number of anilines is 2. The van der Waals surface area contributed by atoms with Gasteiger partial charge in [-0.15, -0.1) is 0 Å². The largest absolute Gasteiger partial charge is 0.472 e. The highest BCUT2D eigenvalue weighted by molar-refractivity contribution is 8.06. The van der Waals surface area contributed by atoms with Crippen molar-refractivity contribution >= 4 is 60.4 Å². The third kappa shape index (κ3) is 7.11. The van der Waals surface area contributed by atoms with Crippen LogP contribution < -0.4 is 17.0 Å². The van der Waals surface area contributed by atoms with Crippen molar-refractivity contribution in [3.8, 4) is 0 Å². The number of nitrogens with one attached hydrogen (secondary N) is 1. The third-order valence-corrected chi connectivity index (χ3v) is 8.31. The number of nitrogens with two attached hydrogens (primary N) is 2. The second-order valence-electron chi connectivity index (χ2n) is 9.42. The molecule has 24 heteroatoms. The Bertz CT molecular complexity index is 1800. The molecule has 5 rings (SSSR count). The molecular formula is C20H27FN10O10P2S. The summed E-state index contributed by atoms with van der Waals surface area (Å²) >= 11 is 4.44. The molecule has 0 aromatic carbocycles. The van der Waals surface area contributed by atoms with Crippen LogP contribution in [0, 0.1) is 0 Å². The SMILES string of the molecule is CO[C@H](COP(O)(O)=S)[C@@H](OP(=O)(O)OCC1CCC(n2cnc3c(=O)[nH]c(N)nc32)O1)[C@@H](F)n1cnc2c(N)ncnc21. The number of aromatic nitrogens is 8. The molecule has 1 aliphatic heterocycles. The molecule has 5 heterocycles. The van der Waals surface area contributed by atoms with Crippen molar-refractivity contribution in [2.24, 2.45) is 0 Å². The van der Waals surface area contributed by atoms with Crippen LogP contribution in [-0.2, 0) is 39.4 Å². The average Bonchev–Trinajstić information content (AvgIpc) is 3.69. The van der Waals surface area contributed by atoms with Crippen LogP contribution in [0.3, 0.4) is 0 Å². The smallest absolute Gasteiger partial charge is 0.382 e. The quantitative estimate of drug-likeness (QED) is 0.101. The standard InChI is InChI=1S/C20H27FN10O10P2S/c1-37-10(5-39-43(35,36)44)14(15(21)31-8-26-12-16(22)24-6-25-17(12)31)41-42(33,34)38-4-9-2-3-11(40-9)30-7-27-13-18(30)28-20(23)29-19(13)32/h6-11,14-15H,2-5H2,1H3,(H,33,34)(H2,22,24,25)(H2,35,36,44)(H3,23,28,29,32)/t9?,10-,11?,14-,15+/m1/s1. The first-order valence-electron chi connectivity index (χ1n) is 12.6. The van der Waals surface area contributed by atoms with Crippen LogP contribution in [0.25, 0.3) is 22.3 Å². The molecule has 6 atom stereocenters. The van der Waals surface area contributed by atoms with Crippen LogP contribution in [0.5, 0.6) is 0 Å². The second-order valence-corrected chi connectivity index (χ2v) is 13.5. The van der Waals surface area contributed by atoms with E-state index >= 15 is 4.39 Å². The van der Waals surface area contributed by atoms with Gasteiger partial charge in [-0.2, -0.15) is 4.98 Å². The Balaban J connectivity index is 1.31. The van der Waals surface area contributed by atoms with Gasteiger partial charge in [0.1, 0.15) is 30.3 Å². The number of alkyl halides is 1. The molecule has 0 spiro atoms. The van der Waals surface area contributed by atoms with Gasteiger partial charge in [0.15, 0.2) is 22.6 Å². The number of hydrogen-bond donors (Lipinski definition) is 6. The Morgan fingerprint density at radius 1 is 1.16 bits per heavy atom. The number of aromatic amines is 1. The van der Waals surface area contributed by atoms with Crippen LogP contribution >= 0.6 is 14.5 Å². The predicted molar refractivity (Wildman–Crippen MR) is 152 cm³/mol. The van der Waals surface area contributed by atoms with Gasteiger partial charge >= 0.3 is 14.5 Å². The normalized spacial score (nSPS) is 21.0. The molecule has 1 fully saturated rings. The minimum absolute atomic E-state index is 0.0462. The van der Waals surface area contributed by atoms with Gasteiger partial charge in [0.2, 0.25) is 12.2 Å². The fourth-order valence-corrected chi connectivity index (χ4v) is 5.98. The van der Waals surface area contributed by atoms with E-state index in [-0.39, 0.29) is 34.1 Å². The van der Waals surface area contributed by atoms with Crippen LogP contribution in [0.15, 0.2) is 23.8 Å². The molecule has 0 radical (unpaired) electrons. The Labute approximate surface area is 251 Å². The molecule has 1 saturated heterocycles. The molecule has 1 aliphatic rings. The molecule has 0 aliphatic carbocycles. The lowest BCUT2D eigenvalue weighted by atomic mass is 10.2. The highest BCUT2D eigenvalue weighted by atomic mass is 32.5. The van der Waals surface area contributed by atoms with Crippen molar-refractivity contribution in [1.29, 1.82) is 0 Å². The van der Waals surface area contributed by atoms with Crippen LogP contribution in [0.1, 0.15) is 25.4 Å². The first-order valence-corrected chi connectivity index (χ1v) is 16.7. The Hall–Kier alpha value is -3.01. The van der Waals surface area contributed by atoms with Crippen molar-refractivity contribution < 1.29 is 46.7 Å². The number of fused-ring (bicyclic) bond motifs is 2. The van der Waals surface area contributed by atoms with Crippen LogP contribution in [0.2, 0.25) is 0 Å². The second kappa shape index (κ2) is 12.8. The maximum absolute atomic E-state index is 16.1. The number of methoxy groups -OCH3 is 1. The highest BCUT2D eigenvalue weighted by Crippen LogP contribution is 2.49. The van der Waals surface area contributed by atoms with E-state index in [0.29, 0.717) is 12.8 Å². The first kappa shape index (κ1) is 32.4. The summed E-state index contributed by atoms with van der Waals surface area (Å²) in [6.45, 7) is -5.44. The molecular weight excluding hydrogens is 653 g/mol. The number of H-pyrrole nitrogens is 1. The summed E-state index contributed by atoms with van der Waals surface area (Å²) in [6.07, 6.45) is -3.03. The number of hydrogen-bond acceptors (Lipinski definition) is 15. The maximum Gasteiger partial charge on any atom is 0.472 e. The van der Waals surface area contributed by atoms with E-state index in [1.807, 2.05) is 0 Å². The summed E-state index contributed by atoms with van der Waals surface area (Å²) in [4.78, 5) is 63.9. The van der Waals surface area contributed by atoms with Crippen molar-refractivity contribution in [3.63, 3.8) is 0 Å². The van der Waals surface area contributed by atoms with E-state index < -0.39 is 64.1 Å². The number of halogens is 1. The van der Waals surface area contributed by atoms with E-state index in [1.165, 1.54) is 10.9 Å². The van der Waals surface area contributed by atoms with Crippen LogP contribution in [0.4, 0.5) is 16.2 Å². The zero-order chi connectivity index (χ0) is 31.8. The van der Waals surface area contributed by atoms with Gasteiger partial charge in [0, 0.05) is 7.11 Å². The summed E-state index contributed by atoms with van der Waals surface area (Å²) in [6, 6.07) is 0. The van der Waals surface area contributed by atoms with Gasteiger partial charge in [0.05, 0.1) is 32.0 Å². The molecule has 4 aromatic rings. The first-order chi connectivity index (χ1) is 20.8. The van der Waals surface area contributed by atoms with Gasteiger partial charge < -0.3 is 40.1 Å². The van der Waals surface area contributed by atoms with E-state index in [4.69, 9.17) is 34.5 Å². The summed E-state index contributed by atoms with van der Waals surface area (Å²) in [5.41, 5.74) is 11.1. The molecule has 0 amide bonds. The zero-order valence-electron chi connectivity index (χ0n) is 22.6. The zero-order valence-corrected chi connectivity index (χ0v) is 25.2. The van der Waals surface area contributed by atoms with Gasteiger partial charge in [-0.3, -0.25) is 28.0 Å². The summed E-state index contributed by atoms with van der Waals surface area (Å²) in [7, 11) is -3.97. The monoisotopic (exact) mass is 680 g/mol. The third-order valence-electron chi connectivity index (χ3n) is 6.52. The maximum atomic E-state index is 16.1. The van der Waals surface area contributed by atoms with E-state index in [1.54, 1.807) is 0 Å².